The summed E-state index contributed by atoms with van der Waals surface area (Å²) in [6.07, 6.45) is 21.4. The second-order valence-corrected chi connectivity index (χ2v) is 14.3. The molecule has 5 saturated carbocycles. The molecular formula is C32H54O3. The highest BCUT2D eigenvalue weighted by molar-refractivity contribution is 5.69. The summed E-state index contributed by atoms with van der Waals surface area (Å²) >= 11 is 0. The van der Waals surface area contributed by atoms with Gasteiger partial charge in [-0.25, -0.2) is 0 Å². The van der Waals surface area contributed by atoms with E-state index in [1.54, 1.807) is 0 Å². The lowest BCUT2D eigenvalue weighted by Crippen LogP contribution is -2.53. The second-order valence-electron chi connectivity index (χ2n) is 14.3. The van der Waals surface area contributed by atoms with E-state index in [-0.39, 0.29) is 12.6 Å². The number of carbonyl (C=O) groups is 1. The number of aliphatic hydroxyl groups excluding tert-OH is 1. The second kappa shape index (κ2) is 10.7. The predicted octanol–water partition coefficient (Wildman–Crippen LogP) is 7.94. The summed E-state index contributed by atoms with van der Waals surface area (Å²) in [6, 6.07) is 0. The molecule has 0 aromatic rings. The van der Waals surface area contributed by atoms with Crippen molar-refractivity contribution in [2.75, 3.05) is 6.61 Å². The van der Waals surface area contributed by atoms with Crippen LogP contribution in [0.3, 0.4) is 0 Å². The fraction of sp³-hybridized carbons (Fsp3) is 0.969. The molecule has 0 amide bonds. The van der Waals surface area contributed by atoms with Gasteiger partial charge in [-0.05, 0) is 123 Å². The first-order chi connectivity index (χ1) is 16.8. The number of hydrogen-bond donors (Lipinski definition) is 1. The highest BCUT2D eigenvalue weighted by atomic mass is 16.5. The normalized spacial score (nSPS) is 43.5. The molecule has 0 aromatic carbocycles. The molecule has 1 N–H and O–H groups in total. The molecule has 0 heterocycles. The molecule has 0 saturated heterocycles. The summed E-state index contributed by atoms with van der Waals surface area (Å²) in [5.41, 5.74) is 1.09. The Hall–Kier alpha value is -0.570. The largest absolute Gasteiger partial charge is 0.463 e. The number of esters is 1. The van der Waals surface area contributed by atoms with Crippen molar-refractivity contribution >= 4 is 5.97 Å². The minimum atomic E-state index is -0.470. The molecular weight excluding hydrogens is 432 g/mol. The fourth-order valence-electron chi connectivity index (χ4n) is 10.7. The lowest BCUT2D eigenvalue weighted by Gasteiger charge is -2.61. The summed E-state index contributed by atoms with van der Waals surface area (Å²) in [6.45, 7) is 7.93. The molecule has 0 radical (unpaired) electrons. The Bertz CT molecular complexity index is 728. The molecule has 0 bridgehead atoms. The molecule has 5 rings (SSSR count). The standard InChI is InChI=1S/C32H54O3/c1-22(12-17-30(34)35-21-29(33)23-9-5-4-6-10-23)26-15-16-27-25-14-13-24-11-7-8-19-31(24,2)28(25)18-20-32(26,27)3/h22-29,33H,4-21H2,1-3H3/t22-,24?,25+,26-,27+,28+,29?,31+,32-/m1/s1. The van der Waals surface area contributed by atoms with E-state index in [9.17, 15) is 9.90 Å². The van der Waals surface area contributed by atoms with Gasteiger partial charge in [-0.1, -0.05) is 52.9 Å². The predicted molar refractivity (Wildman–Crippen MR) is 142 cm³/mol. The van der Waals surface area contributed by atoms with Crippen molar-refractivity contribution in [3.63, 3.8) is 0 Å². The number of rotatable bonds is 7. The van der Waals surface area contributed by atoms with Gasteiger partial charge in [-0.3, -0.25) is 4.79 Å². The summed E-state index contributed by atoms with van der Waals surface area (Å²) in [4.78, 5) is 12.5. The van der Waals surface area contributed by atoms with Crippen LogP contribution in [0.2, 0.25) is 0 Å². The van der Waals surface area contributed by atoms with Crippen molar-refractivity contribution < 1.29 is 14.6 Å². The maximum atomic E-state index is 12.5. The van der Waals surface area contributed by atoms with Crippen molar-refractivity contribution in [3.05, 3.63) is 0 Å². The van der Waals surface area contributed by atoms with Crippen LogP contribution in [0.15, 0.2) is 0 Å². The van der Waals surface area contributed by atoms with Crippen LogP contribution < -0.4 is 0 Å². The quantitative estimate of drug-likeness (QED) is 0.372. The first kappa shape index (κ1) is 26.1. The average Bonchev–Trinajstić information content (AvgIpc) is 3.23. The maximum absolute atomic E-state index is 12.5. The van der Waals surface area contributed by atoms with Crippen LogP contribution >= 0.6 is 0 Å². The van der Waals surface area contributed by atoms with Gasteiger partial charge >= 0.3 is 5.97 Å². The van der Waals surface area contributed by atoms with Crippen molar-refractivity contribution in [3.8, 4) is 0 Å². The first-order valence-corrected chi connectivity index (χ1v) is 15.7. The maximum Gasteiger partial charge on any atom is 0.305 e. The third-order valence-corrected chi connectivity index (χ3v) is 12.8. The molecule has 0 aliphatic heterocycles. The summed E-state index contributed by atoms with van der Waals surface area (Å²) in [5, 5.41) is 10.4. The lowest BCUT2D eigenvalue weighted by molar-refractivity contribution is -0.148. The smallest absolute Gasteiger partial charge is 0.305 e. The van der Waals surface area contributed by atoms with Crippen LogP contribution in [-0.4, -0.2) is 23.8 Å². The van der Waals surface area contributed by atoms with Gasteiger partial charge in [0.05, 0.1) is 6.10 Å². The zero-order valence-corrected chi connectivity index (χ0v) is 23.1. The summed E-state index contributed by atoms with van der Waals surface area (Å²) in [5.74, 6) is 5.40. The van der Waals surface area contributed by atoms with Crippen molar-refractivity contribution in [2.45, 2.75) is 136 Å². The summed E-state index contributed by atoms with van der Waals surface area (Å²) < 4.78 is 5.55. The number of carbonyl (C=O) groups excluding carboxylic acids is 1. The van der Waals surface area contributed by atoms with Gasteiger partial charge in [-0.2, -0.15) is 0 Å². The Balaban J connectivity index is 1.13. The van der Waals surface area contributed by atoms with Gasteiger partial charge in [-0.15, -0.1) is 0 Å². The monoisotopic (exact) mass is 486 g/mol. The van der Waals surface area contributed by atoms with Crippen molar-refractivity contribution in [2.24, 2.45) is 52.3 Å². The highest BCUT2D eigenvalue weighted by Gasteiger charge is 2.60. The molecule has 0 spiro atoms. The SMILES string of the molecule is C[C@H](CCC(=O)OCC(O)C1CCCCC1)[C@H]1CC[C@H]2[C@@H]3CCC4CCCC[C@]4(C)[C@H]3CC[C@]12C. The zero-order chi connectivity index (χ0) is 24.6. The molecule has 2 unspecified atom stereocenters. The van der Waals surface area contributed by atoms with Gasteiger partial charge in [0.1, 0.15) is 6.61 Å². The summed E-state index contributed by atoms with van der Waals surface area (Å²) in [7, 11) is 0. The van der Waals surface area contributed by atoms with Gasteiger partial charge in [0.15, 0.2) is 0 Å². The third-order valence-electron chi connectivity index (χ3n) is 12.8. The molecule has 9 atom stereocenters. The molecule has 0 aromatic heterocycles. The Labute approximate surface area is 215 Å². The molecule has 3 heteroatoms. The lowest BCUT2D eigenvalue weighted by atomic mass is 9.44. The highest BCUT2D eigenvalue weighted by Crippen LogP contribution is 2.68. The van der Waals surface area contributed by atoms with E-state index >= 15 is 0 Å². The third kappa shape index (κ3) is 4.98. The number of fused-ring (bicyclic) bond motifs is 5. The van der Waals surface area contributed by atoms with E-state index in [4.69, 9.17) is 4.74 Å². The van der Waals surface area contributed by atoms with E-state index in [0.29, 0.717) is 29.1 Å². The van der Waals surface area contributed by atoms with Crippen molar-refractivity contribution in [1.82, 2.24) is 0 Å². The molecule has 3 nitrogen and oxygen atoms in total. The van der Waals surface area contributed by atoms with Gasteiger partial charge in [0, 0.05) is 6.42 Å². The van der Waals surface area contributed by atoms with Crippen LogP contribution in [0.4, 0.5) is 0 Å². The molecule has 5 fully saturated rings. The van der Waals surface area contributed by atoms with Gasteiger partial charge in [0.25, 0.3) is 0 Å². The Morgan fingerprint density at radius 3 is 2.40 bits per heavy atom. The Morgan fingerprint density at radius 2 is 1.60 bits per heavy atom. The Morgan fingerprint density at radius 1 is 0.857 bits per heavy atom. The van der Waals surface area contributed by atoms with E-state index in [1.807, 2.05) is 0 Å². The molecule has 35 heavy (non-hydrogen) atoms. The van der Waals surface area contributed by atoms with Crippen LogP contribution in [0.25, 0.3) is 0 Å². The number of aliphatic hydroxyl groups is 1. The molecule has 5 aliphatic carbocycles. The molecule has 200 valence electrons. The van der Waals surface area contributed by atoms with Crippen LogP contribution in [-0.2, 0) is 9.53 Å². The van der Waals surface area contributed by atoms with E-state index in [0.717, 1.165) is 48.9 Å². The minimum absolute atomic E-state index is 0.0985. The fourth-order valence-corrected chi connectivity index (χ4v) is 10.7. The van der Waals surface area contributed by atoms with Crippen LogP contribution in [0, 0.1) is 52.3 Å². The topological polar surface area (TPSA) is 46.5 Å². The number of ether oxygens (including phenoxy) is 1. The van der Waals surface area contributed by atoms with Gasteiger partial charge < -0.3 is 9.84 Å². The van der Waals surface area contributed by atoms with Gasteiger partial charge in [0.2, 0.25) is 0 Å². The van der Waals surface area contributed by atoms with Crippen molar-refractivity contribution in [1.29, 1.82) is 0 Å². The molecule has 5 aliphatic rings. The first-order valence-electron chi connectivity index (χ1n) is 15.7. The number of hydrogen-bond acceptors (Lipinski definition) is 3. The van der Waals surface area contributed by atoms with Crippen LogP contribution in [0.1, 0.15) is 130 Å². The zero-order valence-electron chi connectivity index (χ0n) is 23.1. The van der Waals surface area contributed by atoms with E-state index in [1.165, 1.54) is 83.5 Å². The Kier molecular flexibility index (Phi) is 7.94. The van der Waals surface area contributed by atoms with E-state index in [2.05, 4.69) is 20.8 Å². The minimum Gasteiger partial charge on any atom is -0.463 e. The van der Waals surface area contributed by atoms with E-state index < -0.39 is 6.10 Å². The average molecular weight is 487 g/mol. The van der Waals surface area contributed by atoms with Crippen LogP contribution in [0.5, 0.6) is 0 Å².